The molecule has 110 valence electrons. The van der Waals surface area contributed by atoms with Crippen LogP contribution in [0.2, 0.25) is 0 Å². The highest BCUT2D eigenvalue weighted by Crippen LogP contribution is 2.20. The van der Waals surface area contributed by atoms with Crippen molar-refractivity contribution >= 4 is 0 Å². The van der Waals surface area contributed by atoms with Crippen LogP contribution in [0.4, 0.5) is 4.39 Å². The third kappa shape index (κ3) is 4.57. The topological polar surface area (TPSA) is 24.1 Å². The van der Waals surface area contributed by atoms with E-state index >= 15 is 0 Å². The van der Waals surface area contributed by atoms with Crippen molar-refractivity contribution in [2.24, 2.45) is 0 Å². The van der Waals surface area contributed by atoms with Crippen molar-refractivity contribution in [3.05, 3.63) is 35.1 Å². The molecule has 0 radical (unpaired) electrons. The smallest absolute Gasteiger partial charge is 0.126 e. The minimum absolute atomic E-state index is 0.0460. The van der Waals surface area contributed by atoms with Gasteiger partial charge in [0, 0.05) is 18.6 Å². The molecule has 2 N–H and O–H groups in total. The predicted octanol–water partition coefficient (Wildman–Crippen LogP) is 3.15. The Kier molecular flexibility index (Phi) is 4.69. The van der Waals surface area contributed by atoms with Crippen LogP contribution in [0.5, 0.6) is 0 Å². The van der Waals surface area contributed by atoms with Gasteiger partial charge in [0.25, 0.3) is 0 Å². The van der Waals surface area contributed by atoms with Crippen LogP contribution in [-0.2, 0) is 13.0 Å². The van der Waals surface area contributed by atoms with Gasteiger partial charge in [-0.25, -0.2) is 4.39 Å². The van der Waals surface area contributed by atoms with Gasteiger partial charge in [-0.15, -0.1) is 0 Å². The minimum Gasteiger partial charge on any atom is -0.314 e. The van der Waals surface area contributed by atoms with Gasteiger partial charge in [0.05, 0.1) is 0 Å². The third-order valence-corrected chi connectivity index (χ3v) is 4.17. The number of rotatable bonds is 9. The summed E-state index contributed by atoms with van der Waals surface area (Å²) < 4.78 is 13.8. The number of benzene rings is 1. The van der Waals surface area contributed by atoms with Crippen LogP contribution in [0.3, 0.4) is 0 Å². The van der Waals surface area contributed by atoms with Crippen LogP contribution >= 0.6 is 0 Å². The van der Waals surface area contributed by atoms with Crippen molar-refractivity contribution in [1.82, 2.24) is 10.6 Å². The summed E-state index contributed by atoms with van der Waals surface area (Å²) in [5.41, 5.74) is 2.09. The lowest BCUT2D eigenvalue weighted by Gasteiger charge is -2.08. The fourth-order valence-electron chi connectivity index (χ4n) is 2.51. The molecule has 0 amide bonds. The van der Waals surface area contributed by atoms with E-state index in [1.807, 2.05) is 12.1 Å². The van der Waals surface area contributed by atoms with E-state index in [0.717, 1.165) is 44.0 Å². The predicted molar refractivity (Wildman–Crippen MR) is 80.2 cm³/mol. The van der Waals surface area contributed by atoms with Gasteiger partial charge < -0.3 is 10.6 Å². The Balaban J connectivity index is 1.41. The molecule has 2 aliphatic rings. The van der Waals surface area contributed by atoms with Gasteiger partial charge in [0.15, 0.2) is 0 Å². The zero-order valence-corrected chi connectivity index (χ0v) is 12.1. The summed E-state index contributed by atoms with van der Waals surface area (Å²) in [5.74, 6) is -0.0460. The summed E-state index contributed by atoms with van der Waals surface area (Å²) in [4.78, 5) is 0. The maximum Gasteiger partial charge on any atom is 0.126 e. The summed E-state index contributed by atoms with van der Waals surface area (Å²) in [5, 5.41) is 6.99. The molecule has 2 nitrogen and oxygen atoms in total. The molecule has 2 aliphatic carbocycles. The fraction of sp³-hybridized carbons (Fsp3) is 0.647. The van der Waals surface area contributed by atoms with Gasteiger partial charge in [-0.05, 0) is 68.7 Å². The van der Waals surface area contributed by atoms with E-state index in [1.165, 1.54) is 31.2 Å². The van der Waals surface area contributed by atoms with E-state index in [4.69, 9.17) is 0 Å². The quantitative estimate of drug-likeness (QED) is 0.677. The van der Waals surface area contributed by atoms with E-state index in [9.17, 15) is 4.39 Å². The summed E-state index contributed by atoms with van der Waals surface area (Å²) >= 11 is 0. The van der Waals surface area contributed by atoms with Crippen LogP contribution in [-0.4, -0.2) is 18.6 Å². The van der Waals surface area contributed by atoms with Crippen LogP contribution in [0.15, 0.2) is 18.2 Å². The second-order valence-corrected chi connectivity index (χ2v) is 6.27. The third-order valence-electron chi connectivity index (χ3n) is 4.17. The van der Waals surface area contributed by atoms with Gasteiger partial charge in [-0.2, -0.15) is 0 Å². The molecule has 1 aromatic carbocycles. The molecule has 0 bridgehead atoms. The van der Waals surface area contributed by atoms with E-state index in [-0.39, 0.29) is 5.82 Å². The van der Waals surface area contributed by atoms with Crippen LogP contribution in [0, 0.1) is 5.82 Å². The maximum atomic E-state index is 13.8. The van der Waals surface area contributed by atoms with Gasteiger partial charge in [-0.1, -0.05) is 12.1 Å². The molecular formula is C17H25FN2. The first-order valence-corrected chi connectivity index (χ1v) is 8.05. The standard InChI is InChI=1S/C17H25FN2/c18-17-9-4-13(12-20-16-7-8-16)11-14(17)3-1-2-10-19-15-5-6-15/h4,9,11,15-16,19-20H,1-3,5-8,10,12H2. The van der Waals surface area contributed by atoms with Crippen LogP contribution < -0.4 is 10.6 Å². The van der Waals surface area contributed by atoms with Crippen molar-refractivity contribution in [3.63, 3.8) is 0 Å². The summed E-state index contributed by atoms with van der Waals surface area (Å²) in [6.07, 6.45) is 8.32. The molecule has 2 fully saturated rings. The number of hydrogen-bond donors (Lipinski definition) is 2. The molecule has 0 unspecified atom stereocenters. The van der Waals surface area contributed by atoms with Gasteiger partial charge >= 0.3 is 0 Å². The van der Waals surface area contributed by atoms with Crippen LogP contribution in [0.1, 0.15) is 49.7 Å². The molecule has 0 heterocycles. The molecule has 0 spiro atoms. The number of hydrogen-bond acceptors (Lipinski definition) is 2. The molecule has 0 atom stereocenters. The Morgan fingerprint density at radius 1 is 1.00 bits per heavy atom. The lowest BCUT2D eigenvalue weighted by atomic mass is 10.0. The molecule has 0 saturated heterocycles. The number of halogens is 1. The number of aryl methyl sites for hydroxylation is 1. The first-order valence-electron chi connectivity index (χ1n) is 8.05. The second kappa shape index (κ2) is 6.68. The average molecular weight is 276 g/mol. The number of unbranched alkanes of at least 4 members (excludes halogenated alkanes) is 1. The van der Waals surface area contributed by atoms with E-state index in [0.29, 0.717) is 6.04 Å². The summed E-state index contributed by atoms with van der Waals surface area (Å²) in [7, 11) is 0. The first-order chi connectivity index (χ1) is 9.81. The Hall–Kier alpha value is -0.930. The molecule has 3 rings (SSSR count). The Morgan fingerprint density at radius 3 is 2.50 bits per heavy atom. The van der Waals surface area contributed by atoms with Crippen molar-refractivity contribution < 1.29 is 4.39 Å². The van der Waals surface area contributed by atoms with Crippen molar-refractivity contribution in [2.75, 3.05) is 6.54 Å². The van der Waals surface area contributed by atoms with Crippen molar-refractivity contribution in [1.29, 1.82) is 0 Å². The van der Waals surface area contributed by atoms with Gasteiger partial charge in [0.1, 0.15) is 5.82 Å². The van der Waals surface area contributed by atoms with Crippen molar-refractivity contribution in [2.45, 2.75) is 63.6 Å². The highest BCUT2D eigenvalue weighted by atomic mass is 19.1. The summed E-state index contributed by atoms with van der Waals surface area (Å²) in [6, 6.07) is 7.06. The molecule has 3 heteroatoms. The summed E-state index contributed by atoms with van der Waals surface area (Å²) in [6.45, 7) is 1.95. The largest absolute Gasteiger partial charge is 0.314 e. The highest BCUT2D eigenvalue weighted by molar-refractivity contribution is 5.25. The molecule has 2 saturated carbocycles. The molecule has 20 heavy (non-hydrogen) atoms. The Bertz CT molecular complexity index is 439. The maximum absolute atomic E-state index is 13.8. The zero-order chi connectivity index (χ0) is 13.8. The normalized spacial score (nSPS) is 18.4. The lowest BCUT2D eigenvalue weighted by Crippen LogP contribution is -2.17. The lowest BCUT2D eigenvalue weighted by molar-refractivity contribution is 0.583. The molecule has 0 aliphatic heterocycles. The van der Waals surface area contributed by atoms with E-state index in [2.05, 4.69) is 10.6 Å². The SMILES string of the molecule is Fc1ccc(CNC2CC2)cc1CCCCNC1CC1. The Labute approximate surface area is 121 Å². The van der Waals surface area contributed by atoms with Crippen LogP contribution in [0.25, 0.3) is 0 Å². The fourth-order valence-corrected chi connectivity index (χ4v) is 2.51. The van der Waals surface area contributed by atoms with E-state index < -0.39 is 0 Å². The second-order valence-electron chi connectivity index (χ2n) is 6.27. The zero-order valence-electron chi connectivity index (χ0n) is 12.1. The van der Waals surface area contributed by atoms with Gasteiger partial charge in [-0.3, -0.25) is 0 Å². The van der Waals surface area contributed by atoms with Crippen molar-refractivity contribution in [3.8, 4) is 0 Å². The number of nitrogens with one attached hydrogen (secondary N) is 2. The van der Waals surface area contributed by atoms with Gasteiger partial charge in [0.2, 0.25) is 0 Å². The average Bonchev–Trinajstić information content (AvgIpc) is 3.33. The Morgan fingerprint density at radius 2 is 1.75 bits per heavy atom. The monoisotopic (exact) mass is 276 g/mol. The minimum atomic E-state index is -0.0460. The van der Waals surface area contributed by atoms with E-state index in [1.54, 1.807) is 6.07 Å². The first kappa shape index (κ1) is 14.0. The highest BCUT2D eigenvalue weighted by Gasteiger charge is 2.20. The molecule has 1 aromatic rings. The molecular weight excluding hydrogens is 251 g/mol. The molecule has 0 aromatic heterocycles.